The number of carbonyl (C=O) groups excluding carboxylic acids is 1. The molecule has 0 atom stereocenters. The molecule has 0 spiro atoms. The fraction of sp³-hybridized carbons (Fsp3) is 0.458. The molecule has 2 aliphatic rings. The summed E-state index contributed by atoms with van der Waals surface area (Å²) < 4.78 is 41.9. The van der Waals surface area contributed by atoms with Gasteiger partial charge in [-0.15, -0.1) is 0 Å². The van der Waals surface area contributed by atoms with Crippen LogP contribution in [0.15, 0.2) is 35.2 Å². The van der Waals surface area contributed by atoms with E-state index in [-0.39, 0.29) is 17.6 Å². The van der Waals surface area contributed by atoms with Gasteiger partial charge >= 0.3 is 0 Å². The molecule has 0 aliphatic carbocycles. The number of nitrogens with zero attached hydrogens (tertiary/aromatic N) is 2. The van der Waals surface area contributed by atoms with Gasteiger partial charge in [0.05, 0.1) is 4.90 Å². The highest BCUT2D eigenvalue weighted by molar-refractivity contribution is 7.89. The van der Waals surface area contributed by atoms with E-state index in [2.05, 4.69) is 0 Å². The topological polar surface area (TPSA) is 57.7 Å². The summed E-state index contributed by atoms with van der Waals surface area (Å²) in [5.74, 6) is -0.615. The molecular formula is C24H29FN2O3S. The van der Waals surface area contributed by atoms with Crippen molar-refractivity contribution in [1.29, 1.82) is 0 Å². The number of halogens is 1. The third-order valence-corrected chi connectivity index (χ3v) is 8.64. The van der Waals surface area contributed by atoms with E-state index in [1.54, 1.807) is 11.0 Å². The lowest BCUT2D eigenvalue weighted by molar-refractivity contribution is -0.123. The van der Waals surface area contributed by atoms with Gasteiger partial charge in [-0.25, -0.2) is 12.8 Å². The van der Waals surface area contributed by atoms with Gasteiger partial charge in [-0.05, 0) is 75.3 Å². The Morgan fingerprint density at radius 3 is 2.29 bits per heavy atom. The number of fused-ring (bicyclic) bond motifs is 1. The van der Waals surface area contributed by atoms with Crippen LogP contribution in [0.25, 0.3) is 0 Å². The number of sulfonamides is 1. The summed E-state index contributed by atoms with van der Waals surface area (Å²) in [5, 5.41) is 0. The smallest absolute Gasteiger partial charge is 0.243 e. The van der Waals surface area contributed by atoms with E-state index >= 15 is 0 Å². The minimum atomic E-state index is -3.61. The summed E-state index contributed by atoms with van der Waals surface area (Å²) in [7, 11) is -3.61. The number of piperidine rings is 1. The SMILES string of the molecule is Cc1cc(C)c(S(=O)(=O)N2CCC(C(=O)N3CCCc4ccc(F)cc43)CC2)c(C)c1. The number of amides is 1. The molecule has 7 heteroatoms. The molecular weight excluding hydrogens is 415 g/mol. The van der Waals surface area contributed by atoms with Crippen molar-refractivity contribution in [1.82, 2.24) is 4.31 Å². The number of carbonyl (C=O) groups is 1. The van der Waals surface area contributed by atoms with Crippen molar-refractivity contribution in [2.75, 3.05) is 24.5 Å². The van der Waals surface area contributed by atoms with Crippen LogP contribution in [0.3, 0.4) is 0 Å². The predicted molar refractivity (Wildman–Crippen MR) is 119 cm³/mol. The zero-order valence-electron chi connectivity index (χ0n) is 18.3. The summed E-state index contributed by atoms with van der Waals surface area (Å²) in [6.45, 7) is 6.82. The number of hydrogen-bond acceptors (Lipinski definition) is 3. The lowest BCUT2D eigenvalue weighted by Gasteiger charge is -2.36. The standard InChI is InChI=1S/C24H29FN2O3S/c1-16-13-17(2)23(18(3)14-16)31(29,30)26-11-8-20(9-12-26)24(28)27-10-4-5-19-6-7-21(25)15-22(19)27/h6-7,13-15,20H,4-5,8-12H2,1-3H3. The average molecular weight is 445 g/mol. The Balaban J connectivity index is 1.50. The number of aryl methyl sites for hydroxylation is 4. The molecule has 1 fully saturated rings. The Morgan fingerprint density at radius 1 is 1.00 bits per heavy atom. The molecule has 2 aromatic rings. The van der Waals surface area contributed by atoms with Crippen LogP contribution in [0.4, 0.5) is 10.1 Å². The van der Waals surface area contributed by atoms with Crippen molar-refractivity contribution >= 4 is 21.6 Å². The van der Waals surface area contributed by atoms with E-state index in [1.807, 2.05) is 32.9 Å². The molecule has 0 saturated carbocycles. The first-order chi connectivity index (χ1) is 14.7. The molecule has 0 bridgehead atoms. The van der Waals surface area contributed by atoms with Gasteiger partial charge in [0.25, 0.3) is 0 Å². The van der Waals surface area contributed by atoms with Gasteiger partial charge in [-0.2, -0.15) is 4.31 Å². The van der Waals surface area contributed by atoms with Crippen LogP contribution < -0.4 is 4.90 Å². The minimum Gasteiger partial charge on any atom is -0.312 e. The first-order valence-corrected chi connectivity index (χ1v) is 12.3. The summed E-state index contributed by atoms with van der Waals surface area (Å²) in [5.41, 5.74) is 4.20. The number of anilines is 1. The predicted octanol–water partition coefficient (Wildman–Crippen LogP) is 4.13. The molecule has 1 saturated heterocycles. The van der Waals surface area contributed by atoms with Crippen molar-refractivity contribution in [3.63, 3.8) is 0 Å². The summed E-state index contributed by atoms with van der Waals surface area (Å²) in [6, 6.07) is 8.41. The number of rotatable bonds is 3. The van der Waals surface area contributed by atoms with Gasteiger partial charge in [0, 0.05) is 31.2 Å². The van der Waals surface area contributed by atoms with Gasteiger partial charge in [-0.3, -0.25) is 4.79 Å². The van der Waals surface area contributed by atoms with E-state index < -0.39 is 10.0 Å². The van der Waals surface area contributed by atoms with Crippen molar-refractivity contribution in [2.45, 2.75) is 51.3 Å². The highest BCUT2D eigenvalue weighted by atomic mass is 32.2. The van der Waals surface area contributed by atoms with Crippen molar-refractivity contribution < 1.29 is 17.6 Å². The molecule has 1 amide bonds. The Kier molecular flexibility index (Phi) is 5.92. The van der Waals surface area contributed by atoms with Crippen molar-refractivity contribution in [3.05, 3.63) is 58.4 Å². The molecule has 2 aromatic carbocycles. The number of hydrogen-bond donors (Lipinski definition) is 0. The van der Waals surface area contributed by atoms with Crippen LogP contribution in [0.1, 0.15) is 41.5 Å². The molecule has 0 unspecified atom stereocenters. The Bertz CT molecular complexity index is 1100. The summed E-state index contributed by atoms with van der Waals surface area (Å²) in [4.78, 5) is 15.3. The Hall–Kier alpha value is -2.25. The van der Waals surface area contributed by atoms with Crippen LogP contribution in [0, 0.1) is 32.5 Å². The Labute approximate surface area is 183 Å². The fourth-order valence-electron chi connectivity index (χ4n) is 5.04. The van der Waals surface area contributed by atoms with Crippen LogP contribution in [-0.4, -0.2) is 38.3 Å². The van der Waals surface area contributed by atoms with Crippen molar-refractivity contribution in [2.24, 2.45) is 5.92 Å². The number of benzene rings is 2. The molecule has 0 radical (unpaired) electrons. The minimum absolute atomic E-state index is 0.0219. The highest BCUT2D eigenvalue weighted by Gasteiger charge is 2.36. The maximum atomic E-state index is 13.8. The third-order valence-electron chi connectivity index (χ3n) is 6.44. The third kappa shape index (κ3) is 4.13. The van der Waals surface area contributed by atoms with Gasteiger partial charge in [0.15, 0.2) is 0 Å². The highest BCUT2D eigenvalue weighted by Crippen LogP contribution is 2.33. The van der Waals surface area contributed by atoms with Gasteiger partial charge < -0.3 is 4.90 Å². The average Bonchev–Trinajstić information content (AvgIpc) is 2.72. The zero-order valence-corrected chi connectivity index (χ0v) is 19.1. The fourth-order valence-corrected chi connectivity index (χ4v) is 6.92. The second kappa shape index (κ2) is 8.36. The summed E-state index contributed by atoms with van der Waals surface area (Å²) in [6.07, 6.45) is 2.64. The monoisotopic (exact) mass is 444 g/mol. The maximum Gasteiger partial charge on any atom is 0.243 e. The van der Waals surface area contributed by atoms with Gasteiger partial charge in [0.2, 0.25) is 15.9 Å². The molecule has 0 N–H and O–H groups in total. The summed E-state index contributed by atoms with van der Waals surface area (Å²) >= 11 is 0. The molecule has 166 valence electrons. The zero-order chi connectivity index (χ0) is 22.3. The lowest BCUT2D eigenvalue weighted by Crippen LogP contribution is -2.46. The second-order valence-corrected chi connectivity index (χ2v) is 10.6. The Morgan fingerprint density at radius 2 is 1.65 bits per heavy atom. The first kappa shape index (κ1) is 22.0. The lowest BCUT2D eigenvalue weighted by atomic mass is 9.94. The molecule has 5 nitrogen and oxygen atoms in total. The molecule has 0 aromatic heterocycles. The van der Waals surface area contributed by atoms with Crippen LogP contribution in [0.5, 0.6) is 0 Å². The van der Waals surface area contributed by atoms with Gasteiger partial charge in [-0.1, -0.05) is 23.8 Å². The van der Waals surface area contributed by atoms with Crippen LogP contribution in [0.2, 0.25) is 0 Å². The van der Waals surface area contributed by atoms with E-state index in [0.717, 1.165) is 35.1 Å². The maximum absolute atomic E-state index is 13.8. The van der Waals surface area contributed by atoms with E-state index in [9.17, 15) is 17.6 Å². The van der Waals surface area contributed by atoms with Crippen LogP contribution >= 0.6 is 0 Å². The van der Waals surface area contributed by atoms with Crippen LogP contribution in [-0.2, 0) is 21.2 Å². The van der Waals surface area contributed by atoms with Gasteiger partial charge in [0.1, 0.15) is 5.82 Å². The van der Waals surface area contributed by atoms with E-state index in [0.29, 0.717) is 43.1 Å². The largest absolute Gasteiger partial charge is 0.312 e. The quantitative estimate of drug-likeness (QED) is 0.715. The second-order valence-electron chi connectivity index (χ2n) is 8.77. The van der Waals surface area contributed by atoms with Crippen molar-refractivity contribution in [3.8, 4) is 0 Å². The first-order valence-electron chi connectivity index (χ1n) is 10.9. The normalized spacial score (nSPS) is 18.1. The molecule has 4 rings (SSSR count). The van der Waals surface area contributed by atoms with E-state index in [4.69, 9.17) is 0 Å². The molecule has 2 heterocycles. The van der Waals surface area contributed by atoms with E-state index in [1.165, 1.54) is 16.4 Å². The molecule has 31 heavy (non-hydrogen) atoms. The molecule has 2 aliphatic heterocycles.